The Bertz CT molecular complexity index is 1090. The van der Waals surface area contributed by atoms with Crippen molar-refractivity contribution in [3.8, 4) is 11.3 Å². The van der Waals surface area contributed by atoms with Crippen LogP contribution in [0.15, 0.2) is 24.4 Å². The lowest BCUT2D eigenvalue weighted by molar-refractivity contribution is -0.135. The minimum absolute atomic E-state index is 0.0243. The highest BCUT2D eigenvalue weighted by Gasteiger charge is 2.32. The Morgan fingerprint density at radius 2 is 2.06 bits per heavy atom. The molecule has 9 heteroatoms. The number of likely N-dealkylation sites (tertiary alicyclic amines) is 1. The van der Waals surface area contributed by atoms with Gasteiger partial charge in [-0.25, -0.2) is 9.97 Å². The first-order valence-corrected chi connectivity index (χ1v) is 12.5. The highest BCUT2D eigenvalue weighted by atomic mass is 35.5. The van der Waals surface area contributed by atoms with Gasteiger partial charge in [0.05, 0.1) is 16.9 Å². The molecule has 4 heterocycles. The molecule has 2 aromatic rings. The van der Waals surface area contributed by atoms with Crippen molar-refractivity contribution >= 4 is 29.4 Å². The Kier molecular flexibility index (Phi) is 6.70. The highest BCUT2D eigenvalue weighted by molar-refractivity contribution is 6.33. The summed E-state index contributed by atoms with van der Waals surface area (Å²) in [6, 6.07) is 6.19. The zero-order chi connectivity index (χ0) is 23.7. The molecular weight excluding hydrogens is 454 g/mol. The molecule has 1 atom stereocenters. The first-order valence-electron chi connectivity index (χ1n) is 12.1. The third-order valence-corrected chi connectivity index (χ3v) is 7.29. The van der Waals surface area contributed by atoms with Crippen molar-refractivity contribution in [2.75, 3.05) is 31.6 Å². The maximum Gasteiger partial charge on any atom is 0.254 e. The van der Waals surface area contributed by atoms with Crippen LogP contribution in [0.1, 0.15) is 54.9 Å². The molecule has 2 saturated heterocycles. The molecule has 2 amide bonds. The topological polar surface area (TPSA) is 87.7 Å². The zero-order valence-electron chi connectivity index (χ0n) is 19.4. The average Bonchev–Trinajstić information content (AvgIpc) is 3.15. The van der Waals surface area contributed by atoms with Crippen LogP contribution in [0.2, 0.25) is 5.02 Å². The van der Waals surface area contributed by atoms with Gasteiger partial charge in [0, 0.05) is 49.5 Å². The third-order valence-electron chi connectivity index (χ3n) is 7.01. The first kappa shape index (κ1) is 23.1. The fourth-order valence-corrected chi connectivity index (χ4v) is 5.22. The summed E-state index contributed by atoms with van der Waals surface area (Å²) in [7, 11) is 0. The van der Waals surface area contributed by atoms with E-state index < -0.39 is 0 Å². The Labute approximate surface area is 204 Å². The summed E-state index contributed by atoms with van der Waals surface area (Å²) < 4.78 is 5.41. The number of carbonyl (C=O) groups is 2. The van der Waals surface area contributed by atoms with Crippen LogP contribution in [0.25, 0.3) is 11.3 Å². The molecule has 8 nitrogen and oxygen atoms in total. The van der Waals surface area contributed by atoms with Crippen LogP contribution in [-0.2, 0) is 16.1 Å². The Morgan fingerprint density at radius 1 is 1.24 bits per heavy atom. The van der Waals surface area contributed by atoms with Gasteiger partial charge in [-0.3, -0.25) is 9.59 Å². The van der Waals surface area contributed by atoms with Gasteiger partial charge in [-0.1, -0.05) is 23.7 Å². The summed E-state index contributed by atoms with van der Waals surface area (Å²) in [6.07, 6.45) is 6.59. The van der Waals surface area contributed by atoms with Crippen molar-refractivity contribution in [1.29, 1.82) is 0 Å². The lowest BCUT2D eigenvalue weighted by Gasteiger charge is -2.34. The molecule has 0 radical (unpaired) electrons. The second-order valence-electron chi connectivity index (χ2n) is 9.39. The molecule has 0 spiro atoms. The van der Waals surface area contributed by atoms with Crippen LogP contribution in [0.4, 0.5) is 5.95 Å². The van der Waals surface area contributed by atoms with E-state index in [1.807, 2.05) is 23.1 Å². The van der Waals surface area contributed by atoms with E-state index in [9.17, 15) is 9.59 Å². The molecule has 3 aliphatic heterocycles. The molecule has 1 aromatic carbocycles. The van der Waals surface area contributed by atoms with Gasteiger partial charge < -0.3 is 19.9 Å². The molecule has 0 aliphatic carbocycles. The van der Waals surface area contributed by atoms with Crippen LogP contribution in [0.5, 0.6) is 0 Å². The average molecular weight is 484 g/mol. The van der Waals surface area contributed by atoms with Crippen LogP contribution in [-0.4, -0.2) is 70.0 Å². The Balaban J connectivity index is 1.32. The van der Waals surface area contributed by atoms with E-state index in [2.05, 4.69) is 22.2 Å². The predicted molar refractivity (Wildman–Crippen MR) is 130 cm³/mol. The van der Waals surface area contributed by atoms with Crippen molar-refractivity contribution in [3.63, 3.8) is 0 Å². The van der Waals surface area contributed by atoms with Gasteiger partial charge in [0.15, 0.2) is 0 Å². The molecular formula is C25H30ClN5O3. The number of hydrogen-bond acceptors (Lipinski definition) is 6. The van der Waals surface area contributed by atoms with E-state index in [1.54, 1.807) is 11.1 Å². The number of halogens is 1. The van der Waals surface area contributed by atoms with Crippen molar-refractivity contribution in [1.82, 2.24) is 19.8 Å². The van der Waals surface area contributed by atoms with Crippen LogP contribution in [0, 0.1) is 0 Å². The molecule has 5 rings (SSSR count). The number of hydrogen-bond donors (Lipinski definition) is 1. The second-order valence-corrected chi connectivity index (χ2v) is 9.79. The number of nitrogens with one attached hydrogen (secondary N) is 1. The van der Waals surface area contributed by atoms with Crippen molar-refractivity contribution in [2.24, 2.45) is 0 Å². The normalized spacial score (nSPS) is 21.0. The third kappa shape index (κ3) is 4.74. The number of rotatable bonds is 5. The SMILES string of the molecule is CC1CCCCN1C(=O)CN1Cc2ccc(-c3nc(NC4CCOCC4)ncc3Cl)cc2C1=O. The number of nitrogens with zero attached hydrogens (tertiary/aromatic N) is 4. The van der Waals surface area contributed by atoms with Gasteiger partial charge in [-0.05, 0) is 50.7 Å². The molecule has 34 heavy (non-hydrogen) atoms. The molecule has 0 saturated carbocycles. The number of benzene rings is 1. The molecule has 3 aliphatic rings. The zero-order valence-corrected chi connectivity index (χ0v) is 20.2. The maximum absolute atomic E-state index is 13.2. The van der Waals surface area contributed by atoms with Crippen LogP contribution in [0.3, 0.4) is 0 Å². The van der Waals surface area contributed by atoms with Crippen molar-refractivity contribution < 1.29 is 14.3 Å². The molecule has 180 valence electrons. The molecule has 0 bridgehead atoms. The summed E-state index contributed by atoms with van der Waals surface area (Å²) in [6.45, 7) is 4.86. The van der Waals surface area contributed by atoms with E-state index in [-0.39, 0.29) is 30.4 Å². The minimum Gasteiger partial charge on any atom is -0.381 e. The van der Waals surface area contributed by atoms with Gasteiger partial charge in [0.2, 0.25) is 11.9 Å². The molecule has 2 fully saturated rings. The monoisotopic (exact) mass is 483 g/mol. The summed E-state index contributed by atoms with van der Waals surface area (Å²) in [4.78, 5) is 38.6. The highest BCUT2D eigenvalue weighted by Crippen LogP contribution is 2.32. The van der Waals surface area contributed by atoms with Gasteiger partial charge in [0.25, 0.3) is 5.91 Å². The molecule has 1 N–H and O–H groups in total. The number of amides is 2. The Hall–Kier alpha value is -2.71. The smallest absolute Gasteiger partial charge is 0.254 e. The van der Waals surface area contributed by atoms with Crippen LogP contribution < -0.4 is 5.32 Å². The minimum atomic E-state index is -0.124. The van der Waals surface area contributed by atoms with Gasteiger partial charge in [-0.2, -0.15) is 0 Å². The maximum atomic E-state index is 13.2. The molecule has 1 aromatic heterocycles. The number of ether oxygens (including phenoxy) is 1. The summed E-state index contributed by atoms with van der Waals surface area (Å²) in [5.41, 5.74) is 2.86. The fraction of sp³-hybridized carbons (Fsp3) is 0.520. The van der Waals surface area contributed by atoms with E-state index in [1.165, 1.54) is 0 Å². The van der Waals surface area contributed by atoms with E-state index in [0.29, 0.717) is 28.8 Å². The summed E-state index contributed by atoms with van der Waals surface area (Å²) >= 11 is 6.44. The number of piperidine rings is 1. The van der Waals surface area contributed by atoms with Crippen molar-refractivity contribution in [3.05, 3.63) is 40.5 Å². The summed E-state index contributed by atoms with van der Waals surface area (Å²) in [5, 5.41) is 3.79. The fourth-order valence-electron chi connectivity index (χ4n) is 5.02. The number of carbonyl (C=O) groups excluding carboxylic acids is 2. The van der Waals surface area contributed by atoms with Crippen LogP contribution >= 0.6 is 11.6 Å². The van der Waals surface area contributed by atoms with E-state index in [4.69, 9.17) is 16.3 Å². The van der Waals surface area contributed by atoms with E-state index in [0.717, 1.165) is 63.0 Å². The quantitative estimate of drug-likeness (QED) is 0.697. The van der Waals surface area contributed by atoms with Gasteiger partial charge >= 0.3 is 0 Å². The second kappa shape index (κ2) is 9.88. The standard InChI is InChI=1S/C25H30ClN5O3/c1-16-4-2-3-9-31(16)22(32)15-30-14-18-6-5-17(12-20(18)24(30)33)23-21(26)13-27-25(29-23)28-19-7-10-34-11-8-19/h5-6,12-13,16,19H,2-4,7-11,14-15H2,1H3,(H,27,28,29). The number of fused-ring (bicyclic) bond motifs is 1. The molecule has 1 unspecified atom stereocenters. The first-order chi connectivity index (χ1) is 16.5. The van der Waals surface area contributed by atoms with Gasteiger partial charge in [0.1, 0.15) is 6.54 Å². The number of aromatic nitrogens is 2. The summed E-state index contributed by atoms with van der Waals surface area (Å²) in [5.74, 6) is 0.415. The lowest BCUT2D eigenvalue weighted by atomic mass is 10.0. The largest absolute Gasteiger partial charge is 0.381 e. The number of anilines is 1. The van der Waals surface area contributed by atoms with E-state index >= 15 is 0 Å². The van der Waals surface area contributed by atoms with Crippen molar-refractivity contribution in [2.45, 2.75) is 57.7 Å². The Morgan fingerprint density at radius 3 is 2.85 bits per heavy atom. The van der Waals surface area contributed by atoms with Gasteiger partial charge in [-0.15, -0.1) is 0 Å². The predicted octanol–water partition coefficient (Wildman–Crippen LogP) is 3.74. The lowest BCUT2D eigenvalue weighted by Crippen LogP contribution is -2.47.